The number of unbranched alkanes of at least 4 members (excludes halogenated alkanes) is 4. The van der Waals surface area contributed by atoms with Crippen LogP contribution in [-0.4, -0.2) is 62.5 Å². The van der Waals surface area contributed by atoms with Crippen LogP contribution in [0.3, 0.4) is 0 Å². The topological polar surface area (TPSA) is 124 Å². The summed E-state index contributed by atoms with van der Waals surface area (Å²) >= 11 is 0. The van der Waals surface area contributed by atoms with Gasteiger partial charge in [-0.2, -0.15) is 0 Å². The molecule has 0 amide bonds. The Morgan fingerprint density at radius 1 is 0.479 bits per heavy atom. The van der Waals surface area contributed by atoms with Crippen LogP contribution in [0, 0.1) is 0 Å². The first-order valence-corrected chi connectivity index (χ1v) is 16.5. The maximum Gasteiger partial charge on any atom is 0.338 e. The van der Waals surface area contributed by atoms with E-state index in [-0.39, 0.29) is 24.3 Å². The van der Waals surface area contributed by atoms with Crippen LogP contribution < -0.4 is 9.47 Å². The number of ether oxygens (including phenoxy) is 6. The van der Waals surface area contributed by atoms with Crippen LogP contribution in [-0.2, 0) is 18.9 Å². The van der Waals surface area contributed by atoms with Crippen molar-refractivity contribution in [2.75, 3.05) is 26.4 Å². The van der Waals surface area contributed by atoms with Gasteiger partial charge in [-0.3, -0.25) is 0 Å². The zero-order valence-electron chi connectivity index (χ0n) is 28.2. The van der Waals surface area contributed by atoms with Gasteiger partial charge in [-0.05, 0) is 99.5 Å². The number of esters is 4. The quantitative estimate of drug-likeness (QED) is 0.0678. The lowest BCUT2D eigenvalue weighted by Crippen LogP contribution is -2.23. The molecule has 0 heterocycles. The Balaban J connectivity index is 1.36. The Morgan fingerprint density at radius 2 is 0.792 bits per heavy atom. The first-order valence-electron chi connectivity index (χ1n) is 16.5. The average molecular weight is 663 g/mol. The fraction of sp³-hybridized carbons (Fsp3) is 0.421. The van der Waals surface area contributed by atoms with Crippen LogP contribution in [0.15, 0.2) is 72.8 Å². The molecule has 3 aromatic carbocycles. The van der Waals surface area contributed by atoms with Gasteiger partial charge in [-0.25, -0.2) is 19.2 Å². The Labute approximate surface area is 282 Å². The summed E-state index contributed by atoms with van der Waals surface area (Å²) in [6, 6.07) is 19.1. The molecule has 0 aromatic heterocycles. The van der Waals surface area contributed by atoms with E-state index < -0.39 is 36.1 Å². The number of carbonyl (C=O) groups is 4. The van der Waals surface area contributed by atoms with Crippen molar-refractivity contribution < 1.29 is 47.6 Å². The molecular weight excluding hydrogens is 616 g/mol. The Morgan fingerprint density at radius 3 is 1.12 bits per heavy atom. The summed E-state index contributed by atoms with van der Waals surface area (Å²) in [6.07, 6.45) is 4.98. The minimum absolute atomic E-state index is 0.152. The lowest BCUT2D eigenvalue weighted by atomic mass is 10.1. The van der Waals surface area contributed by atoms with E-state index in [1.54, 1.807) is 62.4 Å². The number of rotatable bonds is 20. The zero-order chi connectivity index (χ0) is 34.7. The molecule has 2 unspecified atom stereocenters. The smallest absolute Gasteiger partial charge is 0.338 e. The molecule has 10 nitrogen and oxygen atoms in total. The van der Waals surface area contributed by atoms with Crippen LogP contribution in [0.5, 0.6) is 11.5 Å². The van der Waals surface area contributed by atoms with Gasteiger partial charge in [-0.15, -0.1) is 0 Å². The predicted octanol–water partition coefficient (Wildman–Crippen LogP) is 7.63. The number of hydrogen-bond acceptors (Lipinski definition) is 10. The van der Waals surface area contributed by atoms with Crippen molar-refractivity contribution in [3.05, 3.63) is 95.1 Å². The van der Waals surface area contributed by atoms with Gasteiger partial charge in [0.05, 0.1) is 35.5 Å². The third kappa shape index (κ3) is 13.1. The molecule has 0 N–H and O–H groups in total. The molecule has 0 spiro atoms. The molecule has 3 rings (SSSR count). The van der Waals surface area contributed by atoms with Gasteiger partial charge in [0.15, 0.2) is 0 Å². The fourth-order valence-electron chi connectivity index (χ4n) is 4.32. The van der Waals surface area contributed by atoms with Crippen molar-refractivity contribution in [1.29, 1.82) is 0 Å². The fourth-order valence-corrected chi connectivity index (χ4v) is 4.32. The average Bonchev–Trinajstić information content (AvgIpc) is 3.10. The molecule has 0 radical (unpaired) electrons. The summed E-state index contributed by atoms with van der Waals surface area (Å²) in [5.74, 6) is -1.000. The summed E-state index contributed by atoms with van der Waals surface area (Å²) in [7, 11) is 0. The number of carbonyl (C=O) groups excluding carboxylic acids is 4. The van der Waals surface area contributed by atoms with Crippen molar-refractivity contribution in [2.24, 2.45) is 0 Å². The van der Waals surface area contributed by atoms with E-state index >= 15 is 0 Å². The van der Waals surface area contributed by atoms with Crippen molar-refractivity contribution in [3.8, 4) is 11.5 Å². The third-order valence-corrected chi connectivity index (χ3v) is 7.08. The van der Waals surface area contributed by atoms with Crippen LogP contribution in [0.1, 0.15) is 108 Å². The Bertz CT molecular complexity index is 1320. The number of hydrogen-bond donors (Lipinski definition) is 0. The van der Waals surface area contributed by atoms with E-state index in [9.17, 15) is 19.2 Å². The van der Waals surface area contributed by atoms with E-state index in [1.807, 2.05) is 0 Å². The highest BCUT2D eigenvalue weighted by atomic mass is 16.6. The minimum Gasteiger partial charge on any atom is -0.494 e. The molecule has 0 saturated heterocycles. The predicted molar refractivity (Wildman–Crippen MR) is 180 cm³/mol. The molecule has 0 aliphatic carbocycles. The molecule has 0 saturated carbocycles. The minimum atomic E-state index is -0.689. The Kier molecular flexibility index (Phi) is 16.0. The molecular formula is C38H46O10. The van der Waals surface area contributed by atoms with E-state index in [1.165, 1.54) is 24.3 Å². The largest absolute Gasteiger partial charge is 0.494 e. The highest BCUT2D eigenvalue weighted by molar-refractivity contribution is 5.93. The highest BCUT2D eigenvalue weighted by Crippen LogP contribution is 2.16. The van der Waals surface area contributed by atoms with Crippen LogP contribution in [0.2, 0.25) is 0 Å². The van der Waals surface area contributed by atoms with E-state index in [4.69, 9.17) is 28.4 Å². The molecule has 258 valence electrons. The summed E-state index contributed by atoms with van der Waals surface area (Å²) < 4.78 is 32.7. The van der Waals surface area contributed by atoms with Crippen molar-refractivity contribution in [2.45, 2.75) is 78.4 Å². The molecule has 0 aliphatic rings. The molecule has 0 fully saturated rings. The maximum atomic E-state index is 12.5. The third-order valence-electron chi connectivity index (χ3n) is 7.08. The summed E-state index contributed by atoms with van der Waals surface area (Å²) in [5, 5.41) is 0. The molecule has 0 aliphatic heterocycles. The van der Waals surface area contributed by atoms with Crippen LogP contribution in [0.25, 0.3) is 0 Å². The van der Waals surface area contributed by atoms with Gasteiger partial charge in [0.2, 0.25) is 0 Å². The molecule has 2 atom stereocenters. The van der Waals surface area contributed by atoms with E-state index in [0.29, 0.717) is 35.8 Å². The molecule has 3 aromatic rings. The lowest BCUT2D eigenvalue weighted by molar-refractivity contribution is 0.00421. The monoisotopic (exact) mass is 662 g/mol. The van der Waals surface area contributed by atoms with Crippen molar-refractivity contribution in [1.82, 2.24) is 0 Å². The normalized spacial score (nSPS) is 11.9. The van der Waals surface area contributed by atoms with Gasteiger partial charge in [0.1, 0.15) is 36.9 Å². The molecule has 0 bridgehead atoms. The van der Waals surface area contributed by atoms with Gasteiger partial charge in [0.25, 0.3) is 0 Å². The van der Waals surface area contributed by atoms with Crippen molar-refractivity contribution >= 4 is 23.9 Å². The lowest BCUT2D eigenvalue weighted by Gasteiger charge is -2.15. The van der Waals surface area contributed by atoms with Gasteiger partial charge < -0.3 is 28.4 Å². The van der Waals surface area contributed by atoms with E-state index in [2.05, 4.69) is 13.8 Å². The maximum absolute atomic E-state index is 12.5. The Hall–Kier alpha value is -4.86. The highest BCUT2D eigenvalue weighted by Gasteiger charge is 2.18. The summed E-state index contributed by atoms with van der Waals surface area (Å²) in [6.45, 7) is 8.43. The summed E-state index contributed by atoms with van der Waals surface area (Å²) in [4.78, 5) is 50.0. The van der Waals surface area contributed by atoms with Crippen LogP contribution in [0.4, 0.5) is 0 Å². The van der Waals surface area contributed by atoms with E-state index in [0.717, 1.165) is 38.5 Å². The first kappa shape index (κ1) is 37.6. The van der Waals surface area contributed by atoms with Gasteiger partial charge >= 0.3 is 23.9 Å². The van der Waals surface area contributed by atoms with Crippen LogP contribution >= 0.6 is 0 Å². The second kappa shape index (κ2) is 20.4. The zero-order valence-corrected chi connectivity index (χ0v) is 28.2. The SMILES string of the molecule is CCCCCOc1ccc(C(=O)OC(C)COC(=O)c2ccc(C(=O)OCC(C)OC(=O)c3ccc(OCCCCC)cc3)cc2)cc1. The molecule has 48 heavy (non-hydrogen) atoms. The number of benzene rings is 3. The van der Waals surface area contributed by atoms with Gasteiger partial charge in [0, 0.05) is 0 Å². The molecule has 10 heteroatoms. The first-order chi connectivity index (χ1) is 23.2. The van der Waals surface area contributed by atoms with Crippen molar-refractivity contribution in [3.63, 3.8) is 0 Å². The summed E-state index contributed by atoms with van der Waals surface area (Å²) in [5.41, 5.74) is 1.13. The second-order valence-electron chi connectivity index (χ2n) is 11.4. The second-order valence-corrected chi connectivity index (χ2v) is 11.4. The van der Waals surface area contributed by atoms with Gasteiger partial charge in [-0.1, -0.05) is 39.5 Å². The standard InChI is InChI=1S/C38H46O10/c1-5-7-9-23-43-33-19-15-31(16-20-33)37(41)47-27(3)25-45-35(39)29-11-13-30(14-12-29)36(40)46-26-28(4)48-38(42)32-17-21-34(22-18-32)44-24-10-8-6-2/h11-22,27-28H,5-10,23-26H2,1-4H3.